The first-order valence-corrected chi connectivity index (χ1v) is 19.1. The van der Waals surface area contributed by atoms with Gasteiger partial charge in [0.15, 0.2) is 0 Å². The average Bonchev–Trinajstić information content (AvgIpc) is 4.09. The van der Waals surface area contributed by atoms with E-state index in [1.807, 2.05) is 102 Å². The zero-order valence-corrected chi connectivity index (χ0v) is 31.5. The minimum atomic E-state index is -0.292. The quantitative estimate of drug-likeness (QED) is 0.140. The number of cyclic esters (lactones) is 1. The predicted molar refractivity (Wildman–Crippen MR) is 216 cm³/mol. The third-order valence-corrected chi connectivity index (χ3v) is 10.1. The summed E-state index contributed by atoms with van der Waals surface area (Å²) in [5.74, 6) is 3.07. The van der Waals surface area contributed by atoms with Crippen LogP contribution in [0.5, 0.6) is 23.0 Å². The molecule has 0 bridgehead atoms. The van der Waals surface area contributed by atoms with Crippen LogP contribution in [0.1, 0.15) is 29.8 Å². The van der Waals surface area contributed by atoms with Crippen molar-refractivity contribution < 1.29 is 19.0 Å². The van der Waals surface area contributed by atoms with Crippen molar-refractivity contribution in [2.24, 2.45) is 0 Å². The fourth-order valence-corrected chi connectivity index (χ4v) is 7.14. The van der Waals surface area contributed by atoms with E-state index in [9.17, 15) is 4.79 Å². The number of aryl methyl sites for hydroxylation is 1. The van der Waals surface area contributed by atoms with Crippen LogP contribution in [-0.2, 0) is 17.8 Å². The molecule has 0 atom stereocenters. The van der Waals surface area contributed by atoms with Crippen molar-refractivity contribution in [2.45, 2.75) is 32.9 Å². The number of amides is 1. The molecule has 3 aromatic carbocycles. The van der Waals surface area contributed by atoms with E-state index in [2.05, 4.69) is 49.3 Å². The third-order valence-electron chi connectivity index (χ3n) is 10.1. The summed E-state index contributed by atoms with van der Waals surface area (Å²) < 4.78 is 18.9. The fourth-order valence-electron chi connectivity index (χ4n) is 7.14. The number of nitrogens with zero attached hydrogens (tertiary/aromatic N) is 7. The maximum atomic E-state index is 11.6. The molecule has 0 unspecified atom stereocenters. The Labute approximate surface area is 328 Å². The van der Waals surface area contributed by atoms with Crippen LogP contribution in [0.3, 0.4) is 0 Å². The molecule has 0 spiro atoms. The lowest BCUT2D eigenvalue weighted by atomic mass is 10.1. The predicted octanol–water partition coefficient (Wildman–Crippen LogP) is 8.79. The third kappa shape index (κ3) is 8.33. The maximum absolute atomic E-state index is 11.6. The second kappa shape index (κ2) is 16.0. The Morgan fingerprint density at radius 1 is 0.684 bits per heavy atom. The number of H-pyrrole nitrogens is 2. The Hall–Kier alpha value is -6.99. The molecular formula is C44H41N9O4. The maximum Gasteiger partial charge on any atom is 0.410 e. The van der Waals surface area contributed by atoms with Crippen LogP contribution in [0.4, 0.5) is 4.79 Å². The lowest BCUT2D eigenvalue weighted by Gasteiger charge is -2.16. The summed E-state index contributed by atoms with van der Waals surface area (Å²) in [4.78, 5) is 25.1. The number of pyridine rings is 2. The number of likely N-dealkylation sites (tertiary alicyclic amines) is 1. The van der Waals surface area contributed by atoms with Gasteiger partial charge in [-0.15, -0.1) is 0 Å². The number of carbonyl (C=O) groups excluding carboxylic acids is 1. The van der Waals surface area contributed by atoms with Crippen LogP contribution in [-0.4, -0.2) is 76.9 Å². The number of hydrogen-bond donors (Lipinski definition) is 2. The highest BCUT2D eigenvalue weighted by molar-refractivity contribution is 5.81. The molecule has 1 amide bonds. The minimum absolute atomic E-state index is 0.292. The van der Waals surface area contributed by atoms with Gasteiger partial charge in [0.1, 0.15) is 35.3 Å². The highest BCUT2D eigenvalue weighted by atomic mass is 16.6. The topological polar surface area (TPSA) is 139 Å². The number of fused-ring (bicyclic) bond motifs is 2. The standard InChI is InChI=1S/C24H24N4O.C20H17N5O3/c1-17-20(16-28-12-2-3-13-28)14-19-15-22(8-9-23(19)26-17)29-21-6-4-18(5-7-21)24-10-11-25-27-24;26-20-24(9-10-27-20)11-15-12-25-13-17(5-6-19(25)22-15)28-16-3-1-14(2-4-16)18-7-8-21-23-18/h4-11,14-15H,2-3,12-13,16H2,1H3,(H,25,27);1-8,12-13H,9-11H2,(H,21,23). The van der Waals surface area contributed by atoms with Gasteiger partial charge in [0.25, 0.3) is 0 Å². The first-order chi connectivity index (χ1) is 28.0. The molecule has 286 valence electrons. The molecule has 0 saturated carbocycles. The number of carbonyl (C=O) groups is 1. The first kappa shape index (κ1) is 35.7. The fraction of sp³-hybridized carbons (Fsp3) is 0.205. The van der Waals surface area contributed by atoms with E-state index in [0.717, 1.165) is 74.2 Å². The smallest absolute Gasteiger partial charge is 0.410 e. The molecule has 0 radical (unpaired) electrons. The van der Waals surface area contributed by atoms with Gasteiger partial charge in [0.2, 0.25) is 0 Å². The Bertz CT molecular complexity index is 2600. The monoisotopic (exact) mass is 759 g/mol. The van der Waals surface area contributed by atoms with E-state index in [1.54, 1.807) is 17.3 Å². The number of aromatic nitrogens is 7. The molecule has 2 fully saturated rings. The van der Waals surface area contributed by atoms with Crippen LogP contribution >= 0.6 is 0 Å². The SMILES string of the molecule is Cc1nc2ccc(Oc3ccc(-c4ccn[nH]4)cc3)cc2cc1CN1CCCC1.O=C1OCCN1Cc1cn2cc(Oc3ccc(-c4ccn[nH]4)cc3)ccc2n1. The van der Waals surface area contributed by atoms with Crippen molar-refractivity contribution in [3.63, 3.8) is 0 Å². The van der Waals surface area contributed by atoms with Crippen molar-refractivity contribution in [1.29, 1.82) is 0 Å². The van der Waals surface area contributed by atoms with E-state index in [4.69, 9.17) is 19.2 Å². The Kier molecular flexibility index (Phi) is 10.0. The van der Waals surface area contributed by atoms with Gasteiger partial charge in [-0.3, -0.25) is 25.0 Å². The number of rotatable bonds is 10. The van der Waals surface area contributed by atoms with Crippen molar-refractivity contribution in [3.8, 4) is 45.5 Å². The van der Waals surface area contributed by atoms with Crippen molar-refractivity contribution in [2.75, 3.05) is 26.2 Å². The summed E-state index contributed by atoms with van der Waals surface area (Å²) in [6.07, 6.45) is 9.56. The highest BCUT2D eigenvalue weighted by Gasteiger charge is 2.23. The van der Waals surface area contributed by atoms with E-state index >= 15 is 0 Å². The van der Waals surface area contributed by atoms with Crippen molar-refractivity contribution in [3.05, 3.63) is 139 Å². The van der Waals surface area contributed by atoms with Crippen LogP contribution in [0.25, 0.3) is 39.1 Å². The first-order valence-electron chi connectivity index (χ1n) is 19.1. The molecule has 2 aliphatic rings. The molecule has 2 aliphatic heterocycles. The number of ether oxygens (including phenoxy) is 3. The molecule has 10 rings (SSSR count). The number of imidazole rings is 1. The van der Waals surface area contributed by atoms with Gasteiger partial charge < -0.3 is 18.6 Å². The van der Waals surface area contributed by atoms with Gasteiger partial charge in [-0.25, -0.2) is 9.78 Å². The van der Waals surface area contributed by atoms with Gasteiger partial charge in [-0.05, 0) is 147 Å². The number of hydrogen-bond acceptors (Lipinski definition) is 9. The summed E-state index contributed by atoms with van der Waals surface area (Å²) in [6, 6.07) is 31.8. The molecule has 2 N–H and O–H groups in total. The second-order valence-electron chi connectivity index (χ2n) is 14.2. The van der Waals surface area contributed by atoms with Crippen molar-refractivity contribution in [1.82, 2.24) is 44.6 Å². The molecule has 13 heteroatoms. The van der Waals surface area contributed by atoms with Gasteiger partial charge in [-0.2, -0.15) is 10.2 Å². The molecule has 7 heterocycles. The average molecular weight is 760 g/mol. The van der Waals surface area contributed by atoms with Crippen LogP contribution in [0.15, 0.2) is 122 Å². The summed E-state index contributed by atoms with van der Waals surface area (Å²) in [5.41, 5.74) is 9.11. The van der Waals surface area contributed by atoms with Gasteiger partial charge >= 0.3 is 6.09 Å². The molecule has 13 nitrogen and oxygen atoms in total. The van der Waals surface area contributed by atoms with Crippen molar-refractivity contribution >= 4 is 22.6 Å². The molecule has 8 aromatic rings. The molecule has 2 saturated heterocycles. The van der Waals surface area contributed by atoms with E-state index in [-0.39, 0.29) is 6.09 Å². The van der Waals surface area contributed by atoms with Gasteiger partial charge in [-0.1, -0.05) is 0 Å². The summed E-state index contributed by atoms with van der Waals surface area (Å²) >= 11 is 0. The van der Waals surface area contributed by atoms with Gasteiger partial charge in [0, 0.05) is 36.2 Å². The Balaban J connectivity index is 0.000000148. The molecule has 5 aromatic heterocycles. The van der Waals surface area contributed by atoms with Crippen LogP contribution in [0.2, 0.25) is 0 Å². The number of benzene rings is 3. The number of aromatic amines is 2. The molecule has 0 aliphatic carbocycles. The molecular weight excluding hydrogens is 719 g/mol. The zero-order chi connectivity index (χ0) is 38.6. The summed E-state index contributed by atoms with van der Waals surface area (Å²) in [7, 11) is 0. The lowest BCUT2D eigenvalue weighted by molar-refractivity contribution is 0.157. The van der Waals surface area contributed by atoms with Crippen LogP contribution < -0.4 is 9.47 Å². The summed E-state index contributed by atoms with van der Waals surface area (Å²) in [5, 5.41) is 15.0. The van der Waals surface area contributed by atoms with E-state index in [1.165, 1.54) is 31.5 Å². The Morgan fingerprint density at radius 3 is 1.96 bits per heavy atom. The van der Waals surface area contributed by atoms with Gasteiger partial charge in [0.05, 0.1) is 41.9 Å². The normalized spacial score (nSPS) is 14.2. The summed E-state index contributed by atoms with van der Waals surface area (Å²) in [6.45, 7) is 6.93. The van der Waals surface area contributed by atoms with E-state index in [0.29, 0.717) is 25.4 Å². The molecule has 57 heavy (non-hydrogen) atoms. The van der Waals surface area contributed by atoms with E-state index < -0.39 is 0 Å². The minimum Gasteiger partial charge on any atom is -0.457 e. The highest BCUT2D eigenvalue weighted by Crippen LogP contribution is 2.29. The largest absolute Gasteiger partial charge is 0.457 e. The van der Waals surface area contributed by atoms with Crippen LogP contribution in [0, 0.1) is 6.92 Å². The lowest BCUT2D eigenvalue weighted by Crippen LogP contribution is -2.23. The zero-order valence-electron chi connectivity index (χ0n) is 31.5. The second-order valence-corrected chi connectivity index (χ2v) is 14.2. The number of nitrogens with one attached hydrogen (secondary N) is 2. The Morgan fingerprint density at radius 2 is 1.33 bits per heavy atom.